The first kappa shape index (κ1) is 20.9. The Morgan fingerprint density at radius 3 is 2.80 bits per heavy atom. The minimum atomic E-state index is -0.302. The van der Waals surface area contributed by atoms with Gasteiger partial charge in [-0.05, 0) is 58.3 Å². The number of likely N-dealkylation sites (N-methyl/N-ethyl adjacent to an activating group) is 1. The summed E-state index contributed by atoms with van der Waals surface area (Å²) in [4.78, 5) is 4.72. The van der Waals surface area contributed by atoms with Crippen molar-refractivity contribution >= 4 is 16.3 Å². The van der Waals surface area contributed by atoms with Crippen LogP contribution in [0.4, 0.5) is 0 Å². The fraction of sp³-hybridized carbons (Fsp3) is 0.700. The number of benzene rings is 1. The van der Waals surface area contributed by atoms with Gasteiger partial charge in [0.25, 0.3) is 0 Å². The lowest BCUT2D eigenvalue weighted by atomic mass is 10.0. The molecule has 1 aromatic carbocycles. The van der Waals surface area contributed by atoms with Gasteiger partial charge in [-0.3, -0.25) is 0 Å². The number of aryl methyl sites for hydroxylation is 1. The summed E-state index contributed by atoms with van der Waals surface area (Å²) >= 11 is 2.78. The first-order chi connectivity index (χ1) is 11.8. The first-order valence-corrected chi connectivity index (χ1v) is 10.2. The van der Waals surface area contributed by atoms with Crippen molar-refractivity contribution < 1.29 is 5.11 Å². The summed E-state index contributed by atoms with van der Waals surface area (Å²) in [6.07, 6.45) is 1.99. The third-order valence-electron chi connectivity index (χ3n) is 5.25. The van der Waals surface area contributed by atoms with Crippen molar-refractivity contribution in [3.05, 3.63) is 35.4 Å². The minimum absolute atomic E-state index is 0.0389. The lowest BCUT2D eigenvalue weighted by Gasteiger charge is -2.35. The number of likely N-dealkylation sites (tertiary alicyclic amines) is 1. The van der Waals surface area contributed by atoms with Gasteiger partial charge in [-0.25, -0.2) is 0 Å². The van der Waals surface area contributed by atoms with Crippen molar-refractivity contribution in [3.63, 3.8) is 0 Å². The first-order valence-electron chi connectivity index (χ1n) is 9.42. The molecule has 0 aliphatic carbocycles. The molecule has 2 atom stereocenters. The molecule has 1 fully saturated rings. The van der Waals surface area contributed by atoms with Crippen LogP contribution in [0.5, 0.6) is 0 Å². The molecule has 2 radical (unpaired) electrons. The molecule has 2 N–H and O–H groups in total. The maximum atomic E-state index is 10.6. The molecular weight excluding hydrogens is 325 g/mol. The average molecular weight is 359 g/mol. The Hall–Kier alpha value is -0.408. The van der Waals surface area contributed by atoms with Crippen LogP contribution in [0.25, 0.3) is 0 Å². The maximum Gasteiger partial charge on any atom is 0.143 e. The zero-order valence-electron chi connectivity index (χ0n) is 16.3. The Balaban J connectivity index is 1.81. The van der Waals surface area contributed by atoms with Gasteiger partial charge in [0, 0.05) is 31.2 Å². The predicted molar refractivity (Wildman–Crippen MR) is 106 cm³/mol. The fourth-order valence-corrected chi connectivity index (χ4v) is 4.35. The molecule has 0 unspecified atom stereocenters. The number of aliphatic hydroxyl groups excluding tert-OH is 1. The molecule has 5 heteroatoms. The van der Waals surface area contributed by atoms with E-state index in [4.69, 9.17) is 0 Å². The summed E-state index contributed by atoms with van der Waals surface area (Å²) in [6, 6.07) is 8.86. The van der Waals surface area contributed by atoms with E-state index in [1.165, 1.54) is 17.5 Å². The van der Waals surface area contributed by atoms with E-state index in [-0.39, 0.29) is 11.6 Å². The highest BCUT2D eigenvalue weighted by atomic mass is 27.0. The molecule has 1 aromatic rings. The van der Waals surface area contributed by atoms with E-state index in [0.717, 1.165) is 31.5 Å². The quantitative estimate of drug-likeness (QED) is 0.659. The SMILES string of the molecule is Cc1ccccc1CN(C)CC(C)(C)NC[C@@H](O)[C@H]1CCCN1[CH2][Al]. The van der Waals surface area contributed by atoms with Crippen LogP contribution in [0.2, 0.25) is 0 Å². The molecule has 2 rings (SSSR count). The largest absolute Gasteiger partial charge is 0.390 e. The second-order valence-electron chi connectivity index (χ2n) is 8.14. The van der Waals surface area contributed by atoms with Crippen LogP contribution in [-0.4, -0.2) is 81.0 Å². The zero-order valence-corrected chi connectivity index (χ0v) is 17.5. The molecule has 4 nitrogen and oxygen atoms in total. The number of hydrogen-bond acceptors (Lipinski definition) is 4. The van der Waals surface area contributed by atoms with Crippen LogP contribution in [0.15, 0.2) is 24.3 Å². The smallest absolute Gasteiger partial charge is 0.143 e. The van der Waals surface area contributed by atoms with Gasteiger partial charge in [-0.2, -0.15) is 0 Å². The second-order valence-corrected chi connectivity index (χ2v) is 8.50. The van der Waals surface area contributed by atoms with Gasteiger partial charge in [-0.1, -0.05) is 29.7 Å². The summed E-state index contributed by atoms with van der Waals surface area (Å²) in [5, 5.41) is 15.1. The van der Waals surface area contributed by atoms with E-state index >= 15 is 0 Å². The number of nitrogens with zero attached hydrogens (tertiary/aromatic N) is 2. The van der Waals surface area contributed by atoms with Gasteiger partial charge >= 0.3 is 0 Å². The lowest BCUT2D eigenvalue weighted by molar-refractivity contribution is 0.0721. The fourth-order valence-electron chi connectivity index (χ4n) is 3.90. The second kappa shape index (κ2) is 9.51. The number of rotatable bonds is 9. The summed E-state index contributed by atoms with van der Waals surface area (Å²) < 4.78 is 0. The molecule has 0 aromatic heterocycles. The molecule has 25 heavy (non-hydrogen) atoms. The average Bonchev–Trinajstić information content (AvgIpc) is 3.03. The van der Waals surface area contributed by atoms with Crippen LogP contribution in [0.1, 0.15) is 37.8 Å². The van der Waals surface area contributed by atoms with Crippen molar-refractivity contribution in [2.45, 2.75) is 57.8 Å². The van der Waals surface area contributed by atoms with Gasteiger partial charge in [-0.15, -0.1) is 0 Å². The lowest BCUT2D eigenvalue weighted by Crippen LogP contribution is -2.53. The van der Waals surface area contributed by atoms with Crippen LogP contribution in [0.3, 0.4) is 0 Å². The Morgan fingerprint density at radius 1 is 1.40 bits per heavy atom. The Bertz CT molecular complexity index is 537. The van der Waals surface area contributed by atoms with E-state index in [9.17, 15) is 5.11 Å². The molecule has 0 spiro atoms. The van der Waals surface area contributed by atoms with Gasteiger partial charge in [0.2, 0.25) is 0 Å². The van der Waals surface area contributed by atoms with Crippen LogP contribution in [0, 0.1) is 6.92 Å². The number of aliphatic hydroxyl groups is 1. The Labute approximate surface area is 162 Å². The molecule has 1 aliphatic heterocycles. The van der Waals surface area contributed by atoms with Gasteiger partial charge in [0.1, 0.15) is 16.3 Å². The highest BCUT2D eigenvalue weighted by Gasteiger charge is 2.30. The molecule has 1 aliphatic rings. The molecule has 0 saturated carbocycles. The van der Waals surface area contributed by atoms with E-state index in [1.54, 1.807) is 0 Å². The maximum absolute atomic E-state index is 10.6. The van der Waals surface area contributed by atoms with Gasteiger partial charge in [0.05, 0.1) is 6.10 Å². The van der Waals surface area contributed by atoms with E-state index in [2.05, 4.69) is 83.5 Å². The van der Waals surface area contributed by atoms with Crippen molar-refractivity contribution in [2.75, 3.05) is 32.1 Å². The topological polar surface area (TPSA) is 38.7 Å². The monoisotopic (exact) mass is 359 g/mol. The Kier molecular flexibility index (Phi) is 7.95. The summed E-state index contributed by atoms with van der Waals surface area (Å²) in [5.41, 5.74) is 2.68. The summed E-state index contributed by atoms with van der Waals surface area (Å²) in [7, 11) is 2.17. The van der Waals surface area contributed by atoms with Crippen LogP contribution < -0.4 is 5.32 Å². The van der Waals surface area contributed by atoms with Crippen molar-refractivity contribution in [1.29, 1.82) is 0 Å². The minimum Gasteiger partial charge on any atom is -0.390 e. The number of nitrogens with one attached hydrogen (secondary N) is 1. The highest BCUT2D eigenvalue weighted by Crippen LogP contribution is 2.19. The van der Waals surface area contributed by atoms with Crippen molar-refractivity contribution in [2.24, 2.45) is 0 Å². The summed E-state index contributed by atoms with van der Waals surface area (Å²) in [6.45, 7) is 10.2. The standard InChI is InChI=1S/C20H34N3O.Al/c1-16-9-6-7-10-17(16)14-22(4)15-20(2,3)21-13-19(24)18-11-8-12-23(18)5;/h6-7,9-10,18-19,21,24H,5,8,11-15H2,1-4H3;/t18-,19-;/m1./s1. The van der Waals surface area contributed by atoms with E-state index in [1.807, 2.05) is 0 Å². The molecule has 0 bridgehead atoms. The van der Waals surface area contributed by atoms with Gasteiger partial charge < -0.3 is 20.2 Å². The zero-order chi connectivity index (χ0) is 18.4. The van der Waals surface area contributed by atoms with Gasteiger partial charge in [0.15, 0.2) is 0 Å². The van der Waals surface area contributed by atoms with Crippen LogP contribution in [-0.2, 0) is 6.54 Å². The molecule has 1 heterocycles. The molecule has 1 saturated heterocycles. The third kappa shape index (κ3) is 6.36. The number of β-amino-alcohol motifs (C(OH)–C–C–N with tert-alkyl or cyclic N) is 1. The third-order valence-corrected chi connectivity index (χ3v) is 5.72. The predicted octanol–water partition coefficient (Wildman–Crippen LogP) is 1.75. The Morgan fingerprint density at radius 2 is 2.12 bits per heavy atom. The van der Waals surface area contributed by atoms with E-state index in [0.29, 0.717) is 12.6 Å². The normalized spacial score (nSPS) is 20.3. The van der Waals surface area contributed by atoms with E-state index < -0.39 is 0 Å². The summed E-state index contributed by atoms with van der Waals surface area (Å²) in [5.74, 6) is 0. The molecule has 138 valence electrons. The van der Waals surface area contributed by atoms with Crippen molar-refractivity contribution in [1.82, 2.24) is 15.1 Å². The van der Waals surface area contributed by atoms with Crippen LogP contribution >= 0.6 is 0 Å². The number of hydrogen-bond donors (Lipinski definition) is 2. The molecule has 0 amide bonds. The highest BCUT2D eigenvalue weighted by molar-refractivity contribution is 6.08. The van der Waals surface area contributed by atoms with Crippen molar-refractivity contribution in [3.8, 4) is 0 Å². The molecular formula is C20H34AlN3O.